The molecular formula is C13H13N3O2S. The SMILES string of the molecule is O=C(c1cnc(N2CCOCC2)nc1)c1ccsc1. The van der Waals surface area contributed by atoms with Gasteiger partial charge in [0.15, 0.2) is 5.78 Å². The van der Waals surface area contributed by atoms with Gasteiger partial charge in [-0.2, -0.15) is 11.3 Å². The second-order valence-corrected chi connectivity index (χ2v) is 4.99. The molecule has 1 aliphatic rings. The maximum atomic E-state index is 12.1. The molecule has 0 amide bonds. The van der Waals surface area contributed by atoms with Gasteiger partial charge in [-0.05, 0) is 11.4 Å². The lowest BCUT2D eigenvalue weighted by atomic mass is 10.1. The van der Waals surface area contributed by atoms with Crippen molar-refractivity contribution >= 4 is 23.1 Å². The zero-order valence-electron chi connectivity index (χ0n) is 10.3. The highest BCUT2D eigenvalue weighted by Crippen LogP contribution is 2.14. The molecule has 6 heteroatoms. The van der Waals surface area contributed by atoms with Gasteiger partial charge in [0, 0.05) is 36.4 Å². The van der Waals surface area contributed by atoms with E-state index < -0.39 is 0 Å². The lowest BCUT2D eigenvalue weighted by molar-refractivity contribution is 0.103. The van der Waals surface area contributed by atoms with Gasteiger partial charge in [-0.1, -0.05) is 0 Å². The number of carbonyl (C=O) groups is 1. The average molecular weight is 275 g/mol. The van der Waals surface area contributed by atoms with Gasteiger partial charge in [0.2, 0.25) is 5.95 Å². The molecule has 2 aromatic rings. The summed E-state index contributed by atoms with van der Waals surface area (Å²) in [7, 11) is 0. The molecule has 0 aliphatic carbocycles. The van der Waals surface area contributed by atoms with E-state index >= 15 is 0 Å². The first-order valence-electron chi connectivity index (χ1n) is 6.06. The number of rotatable bonds is 3. The van der Waals surface area contributed by atoms with Crippen molar-refractivity contribution in [3.8, 4) is 0 Å². The topological polar surface area (TPSA) is 55.3 Å². The van der Waals surface area contributed by atoms with Gasteiger partial charge in [-0.25, -0.2) is 9.97 Å². The number of carbonyl (C=O) groups excluding carboxylic acids is 1. The summed E-state index contributed by atoms with van der Waals surface area (Å²) in [5, 5.41) is 3.72. The third-order valence-electron chi connectivity index (χ3n) is 2.98. The summed E-state index contributed by atoms with van der Waals surface area (Å²) in [6, 6.07) is 1.81. The number of thiophene rings is 1. The molecular weight excluding hydrogens is 262 g/mol. The van der Waals surface area contributed by atoms with Crippen molar-refractivity contribution in [1.29, 1.82) is 0 Å². The van der Waals surface area contributed by atoms with Crippen LogP contribution in [0.4, 0.5) is 5.95 Å². The van der Waals surface area contributed by atoms with E-state index in [9.17, 15) is 4.79 Å². The number of ether oxygens (including phenoxy) is 1. The summed E-state index contributed by atoms with van der Waals surface area (Å²) in [6.45, 7) is 2.97. The van der Waals surface area contributed by atoms with Gasteiger partial charge in [0.25, 0.3) is 0 Å². The van der Waals surface area contributed by atoms with Crippen LogP contribution in [0.25, 0.3) is 0 Å². The largest absolute Gasteiger partial charge is 0.378 e. The number of anilines is 1. The van der Waals surface area contributed by atoms with Crippen LogP contribution in [0.15, 0.2) is 29.2 Å². The summed E-state index contributed by atoms with van der Waals surface area (Å²) >= 11 is 1.50. The Morgan fingerprint density at radius 1 is 1.21 bits per heavy atom. The van der Waals surface area contributed by atoms with Crippen molar-refractivity contribution in [3.05, 3.63) is 40.3 Å². The lowest BCUT2D eigenvalue weighted by Gasteiger charge is -2.26. The molecule has 0 saturated carbocycles. The Labute approximate surface area is 114 Å². The van der Waals surface area contributed by atoms with Crippen LogP contribution in [0.2, 0.25) is 0 Å². The number of morpholine rings is 1. The second-order valence-electron chi connectivity index (χ2n) is 4.21. The zero-order chi connectivity index (χ0) is 13.1. The van der Waals surface area contributed by atoms with Crippen LogP contribution in [-0.2, 0) is 4.74 Å². The van der Waals surface area contributed by atoms with Gasteiger partial charge in [-0.15, -0.1) is 0 Å². The number of ketones is 1. The Bertz CT molecular complexity index is 548. The van der Waals surface area contributed by atoms with Gasteiger partial charge in [0.1, 0.15) is 0 Å². The molecule has 0 bridgehead atoms. The number of hydrogen-bond donors (Lipinski definition) is 0. The van der Waals surface area contributed by atoms with Crippen LogP contribution < -0.4 is 4.90 Å². The van der Waals surface area contributed by atoms with Crippen LogP contribution >= 0.6 is 11.3 Å². The summed E-state index contributed by atoms with van der Waals surface area (Å²) < 4.78 is 5.28. The first-order valence-corrected chi connectivity index (χ1v) is 7.00. The van der Waals surface area contributed by atoms with Gasteiger partial charge < -0.3 is 9.64 Å². The maximum absolute atomic E-state index is 12.1. The van der Waals surface area contributed by atoms with Crippen molar-refractivity contribution in [3.63, 3.8) is 0 Å². The third-order valence-corrected chi connectivity index (χ3v) is 3.66. The smallest absolute Gasteiger partial charge is 0.225 e. The molecule has 2 aromatic heterocycles. The van der Waals surface area contributed by atoms with E-state index in [0.29, 0.717) is 30.3 Å². The molecule has 0 atom stereocenters. The van der Waals surface area contributed by atoms with Crippen LogP contribution in [0.3, 0.4) is 0 Å². The minimum absolute atomic E-state index is 0.0326. The third kappa shape index (κ3) is 2.64. The number of hydrogen-bond acceptors (Lipinski definition) is 6. The quantitative estimate of drug-likeness (QED) is 0.796. The highest BCUT2D eigenvalue weighted by atomic mass is 32.1. The minimum atomic E-state index is -0.0326. The Kier molecular flexibility index (Phi) is 3.52. The molecule has 19 heavy (non-hydrogen) atoms. The molecule has 0 N–H and O–H groups in total. The van der Waals surface area contributed by atoms with E-state index in [0.717, 1.165) is 13.1 Å². The van der Waals surface area contributed by atoms with Crippen molar-refractivity contribution in [1.82, 2.24) is 9.97 Å². The Balaban J connectivity index is 1.77. The summed E-state index contributed by atoms with van der Waals surface area (Å²) in [5.41, 5.74) is 1.21. The molecule has 98 valence electrons. The molecule has 1 fully saturated rings. The predicted molar refractivity (Wildman–Crippen MR) is 72.8 cm³/mol. The molecule has 0 aromatic carbocycles. The molecule has 3 heterocycles. The summed E-state index contributed by atoms with van der Waals surface area (Å²) in [4.78, 5) is 22.7. The van der Waals surface area contributed by atoms with Gasteiger partial charge >= 0.3 is 0 Å². The van der Waals surface area contributed by atoms with Crippen molar-refractivity contribution in [2.24, 2.45) is 0 Å². The summed E-state index contributed by atoms with van der Waals surface area (Å²) in [6.07, 6.45) is 3.19. The van der Waals surface area contributed by atoms with E-state index in [1.165, 1.54) is 11.3 Å². The van der Waals surface area contributed by atoms with Crippen molar-refractivity contribution < 1.29 is 9.53 Å². The van der Waals surface area contributed by atoms with Crippen molar-refractivity contribution in [2.75, 3.05) is 31.2 Å². The fourth-order valence-electron chi connectivity index (χ4n) is 1.93. The van der Waals surface area contributed by atoms with Gasteiger partial charge in [0.05, 0.1) is 18.8 Å². The second kappa shape index (κ2) is 5.46. The van der Waals surface area contributed by atoms with Crippen LogP contribution in [0, 0.1) is 0 Å². The average Bonchev–Trinajstić information content (AvgIpc) is 3.02. The van der Waals surface area contributed by atoms with Crippen LogP contribution in [0.1, 0.15) is 15.9 Å². The Hall–Kier alpha value is -1.79. The lowest BCUT2D eigenvalue weighted by Crippen LogP contribution is -2.37. The first-order chi connectivity index (χ1) is 9.34. The van der Waals surface area contributed by atoms with Gasteiger partial charge in [-0.3, -0.25) is 4.79 Å². The molecule has 0 spiro atoms. The van der Waals surface area contributed by atoms with Crippen molar-refractivity contribution in [2.45, 2.75) is 0 Å². The van der Waals surface area contributed by atoms with E-state index in [1.54, 1.807) is 12.4 Å². The number of aromatic nitrogens is 2. The Morgan fingerprint density at radius 3 is 2.58 bits per heavy atom. The molecule has 1 saturated heterocycles. The Morgan fingerprint density at radius 2 is 1.95 bits per heavy atom. The zero-order valence-corrected chi connectivity index (χ0v) is 11.1. The first kappa shape index (κ1) is 12.3. The fourth-order valence-corrected chi connectivity index (χ4v) is 2.56. The molecule has 5 nitrogen and oxygen atoms in total. The molecule has 0 unspecified atom stereocenters. The standard InChI is InChI=1S/C13H13N3O2S/c17-12(10-1-6-19-9-10)11-7-14-13(15-8-11)16-2-4-18-5-3-16/h1,6-9H,2-5H2. The molecule has 1 aliphatic heterocycles. The minimum Gasteiger partial charge on any atom is -0.378 e. The number of nitrogens with zero attached hydrogens (tertiary/aromatic N) is 3. The van der Waals surface area contributed by atoms with E-state index in [4.69, 9.17) is 4.74 Å². The molecule has 0 radical (unpaired) electrons. The van der Waals surface area contributed by atoms with E-state index in [-0.39, 0.29) is 5.78 Å². The van der Waals surface area contributed by atoms with E-state index in [2.05, 4.69) is 14.9 Å². The monoisotopic (exact) mass is 275 g/mol. The molecule has 3 rings (SSSR count). The summed E-state index contributed by atoms with van der Waals surface area (Å²) in [5.74, 6) is 0.625. The predicted octanol–water partition coefficient (Wildman–Crippen LogP) is 1.61. The normalized spacial score (nSPS) is 15.5. The van der Waals surface area contributed by atoms with Crippen LogP contribution in [-0.4, -0.2) is 42.1 Å². The maximum Gasteiger partial charge on any atom is 0.225 e. The highest BCUT2D eigenvalue weighted by molar-refractivity contribution is 7.08. The fraction of sp³-hybridized carbons (Fsp3) is 0.308. The van der Waals surface area contributed by atoms with Crippen LogP contribution in [0.5, 0.6) is 0 Å². The van der Waals surface area contributed by atoms with E-state index in [1.807, 2.05) is 16.8 Å². The highest BCUT2D eigenvalue weighted by Gasteiger charge is 2.15.